The third-order valence-electron chi connectivity index (χ3n) is 2.80. The first kappa shape index (κ1) is 15.3. The Morgan fingerprint density at radius 1 is 1.25 bits per heavy atom. The van der Waals surface area contributed by atoms with Gasteiger partial charge in [0, 0.05) is 30.8 Å². The Balaban J connectivity index is 1.90. The van der Waals surface area contributed by atoms with Gasteiger partial charge in [-0.2, -0.15) is 16.1 Å². The Labute approximate surface area is 128 Å². The highest BCUT2D eigenvalue weighted by Gasteiger charge is 2.04. The minimum atomic E-state index is 0.653. The van der Waals surface area contributed by atoms with Crippen LogP contribution in [0.5, 0.6) is 0 Å². The highest BCUT2D eigenvalue weighted by Crippen LogP contribution is 2.19. The smallest absolute Gasteiger partial charge is 0.207 e. The van der Waals surface area contributed by atoms with Gasteiger partial charge in [-0.1, -0.05) is 12.1 Å². The SMILES string of the molecule is COCCc1nsc(Nc2ccc(CCSC)cc2)n1. The zero-order chi connectivity index (χ0) is 14.2. The molecule has 20 heavy (non-hydrogen) atoms. The first-order valence-corrected chi connectivity index (χ1v) is 8.65. The highest BCUT2D eigenvalue weighted by molar-refractivity contribution is 7.98. The lowest BCUT2D eigenvalue weighted by Gasteiger charge is -2.04. The molecule has 0 amide bonds. The molecule has 0 radical (unpaired) electrons. The van der Waals surface area contributed by atoms with Crippen molar-refractivity contribution in [1.82, 2.24) is 9.36 Å². The van der Waals surface area contributed by atoms with Crippen molar-refractivity contribution in [1.29, 1.82) is 0 Å². The monoisotopic (exact) mass is 309 g/mol. The molecule has 0 spiro atoms. The Kier molecular flexibility index (Phi) is 6.29. The van der Waals surface area contributed by atoms with E-state index in [1.54, 1.807) is 7.11 Å². The van der Waals surface area contributed by atoms with Crippen molar-refractivity contribution in [2.75, 3.05) is 31.0 Å². The lowest BCUT2D eigenvalue weighted by Crippen LogP contribution is -1.97. The maximum absolute atomic E-state index is 5.02. The summed E-state index contributed by atoms with van der Waals surface area (Å²) >= 11 is 3.25. The van der Waals surface area contributed by atoms with E-state index in [9.17, 15) is 0 Å². The molecule has 1 heterocycles. The molecule has 0 saturated carbocycles. The summed E-state index contributed by atoms with van der Waals surface area (Å²) in [4.78, 5) is 4.43. The number of nitrogens with zero attached hydrogens (tertiary/aromatic N) is 2. The van der Waals surface area contributed by atoms with Gasteiger partial charge in [-0.05, 0) is 36.1 Å². The van der Waals surface area contributed by atoms with Gasteiger partial charge in [0.05, 0.1) is 6.61 Å². The van der Waals surface area contributed by atoms with Gasteiger partial charge in [0.15, 0.2) is 0 Å². The van der Waals surface area contributed by atoms with E-state index in [0.29, 0.717) is 6.61 Å². The van der Waals surface area contributed by atoms with Crippen molar-refractivity contribution in [3.63, 3.8) is 0 Å². The largest absolute Gasteiger partial charge is 0.384 e. The standard InChI is InChI=1S/C14H19N3OS2/c1-18-9-7-13-16-14(20-17-13)15-12-5-3-11(4-6-12)8-10-19-2/h3-6H,7-10H2,1-2H3,(H,15,16,17). The molecule has 4 nitrogen and oxygen atoms in total. The number of anilines is 2. The lowest BCUT2D eigenvalue weighted by molar-refractivity contribution is 0.201. The summed E-state index contributed by atoms with van der Waals surface area (Å²) in [6.07, 6.45) is 4.00. The summed E-state index contributed by atoms with van der Waals surface area (Å²) in [6, 6.07) is 8.49. The molecule has 0 aliphatic heterocycles. The number of rotatable bonds is 8. The van der Waals surface area contributed by atoms with Crippen molar-refractivity contribution in [2.24, 2.45) is 0 Å². The average Bonchev–Trinajstić information content (AvgIpc) is 2.92. The predicted molar refractivity (Wildman–Crippen MR) is 87.3 cm³/mol. The lowest BCUT2D eigenvalue weighted by atomic mass is 10.1. The summed E-state index contributed by atoms with van der Waals surface area (Å²) in [5.74, 6) is 1.99. The van der Waals surface area contributed by atoms with Gasteiger partial charge in [-0.3, -0.25) is 0 Å². The quantitative estimate of drug-likeness (QED) is 0.810. The summed E-state index contributed by atoms with van der Waals surface area (Å²) in [6.45, 7) is 0.653. The molecule has 0 saturated heterocycles. The number of hydrogen-bond acceptors (Lipinski definition) is 6. The fourth-order valence-electron chi connectivity index (χ4n) is 1.70. The number of benzene rings is 1. The summed E-state index contributed by atoms with van der Waals surface area (Å²) in [5.41, 5.74) is 2.41. The van der Waals surface area contributed by atoms with Crippen LogP contribution in [0.1, 0.15) is 11.4 Å². The first-order valence-electron chi connectivity index (χ1n) is 6.48. The molecule has 0 bridgehead atoms. The first-order chi connectivity index (χ1) is 9.81. The van der Waals surface area contributed by atoms with E-state index < -0.39 is 0 Å². The van der Waals surface area contributed by atoms with Gasteiger partial charge >= 0.3 is 0 Å². The third-order valence-corrected chi connectivity index (χ3v) is 4.08. The summed E-state index contributed by atoms with van der Waals surface area (Å²) in [5, 5.41) is 4.11. The van der Waals surface area contributed by atoms with E-state index >= 15 is 0 Å². The van der Waals surface area contributed by atoms with Gasteiger partial charge in [0.1, 0.15) is 5.82 Å². The van der Waals surface area contributed by atoms with Crippen molar-refractivity contribution in [3.05, 3.63) is 35.7 Å². The molecule has 0 aliphatic carbocycles. The molecule has 1 N–H and O–H groups in total. The molecular weight excluding hydrogens is 290 g/mol. The Morgan fingerprint density at radius 3 is 2.75 bits per heavy atom. The molecule has 2 rings (SSSR count). The van der Waals surface area contributed by atoms with Gasteiger partial charge in [0.25, 0.3) is 0 Å². The van der Waals surface area contributed by atoms with Crippen molar-refractivity contribution in [2.45, 2.75) is 12.8 Å². The molecule has 2 aromatic rings. The van der Waals surface area contributed by atoms with E-state index in [1.807, 2.05) is 11.8 Å². The van der Waals surface area contributed by atoms with Crippen LogP contribution in [0.15, 0.2) is 24.3 Å². The van der Waals surface area contributed by atoms with E-state index in [2.05, 4.69) is 45.2 Å². The number of nitrogens with one attached hydrogen (secondary N) is 1. The molecule has 6 heteroatoms. The molecule has 0 unspecified atom stereocenters. The van der Waals surface area contributed by atoms with E-state index in [-0.39, 0.29) is 0 Å². The number of thioether (sulfide) groups is 1. The Bertz CT molecular complexity index is 513. The van der Waals surface area contributed by atoms with Gasteiger partial charge in [-0.25, -0.2) is 4.98 Å². The molecule has 0 fully saturated rings. The molecule has 0 aliphatic rings. The van der Waals surface area contributed by atoms with Crippen molar-refractivity contribution in [3.8, 4) is 0 Å². The van der Waals surface area contributed by atoms with Gasteiger partial charge in [-0.15, -0.1) is 0 Å². The summed E-state index contributed by atoms with van der Waals surface area (Å²) in [7, 11) is 1.68. The van der Waals surface area contributed by atoms with Crippen LogP contribution >= 0.6 is 23.3 Å². The van der Waals surface area contributed by atoms with Crippen LogP contribution in [-0.2, 0) is 17.6 Å². The minimum Gasteiger partial charge on any atom is -0.384 e. The Morgan fingerprint density at radius 2 is 2.05 bits per heavy atom. The second-order valence-electron chi connectivity index (χ2n) is 4.32. The highest BCUT2D eigenvalue weighted by atomic mass is 32.2. The topological polar surface area (TPSA) is 47.0 Å². The second-order valence-corrected chi connectivity index (χ2v) is 6.06. The third kappa shape index (κ3) is 4.77. The number of aryl methyl sites for hydroxylation is 1. The van der Waals surface area contributed by atoms with Crippen LogP contribution in [0.4, 0.5) is 10.8 Å². The van der Waals surface area contributed by atoms with Crippen molar-refractivity contribution < 1.29 is 4.74 Å². The van der Waals surface area contributed by atoms with Crippen LogP contribution in [0, 0.1) is 0 Å². The minimum absolute atomic E-state index is 0.653. The molecule has 1 aromatic heterocycles. The van der Waals surface area contributed by atoms with Crippen molar-refractivity contribution >= 4 is 34.1 Å². The van der Waals surface area contributed by atoms with E-state index in [4.69, 9.17) is 4.74 Å². The zero-order valence-electron chi connectivity index (χ0n) is 11.8. The van der Waals surface area contributed by atoms with E-state index in [1.165, 1.54) is 17.1 Å². The molecule has 0 atom stereocenters. The second kappa shape index (κ2) is 8.24. The van der Waals surface area contributed by atoms with E-state index in [0.717, 1.165) is 35.2 Å². The average molecular weight is 309 g/mol. The van der Waals surface area contributed by atoms with Crippen LogP contribution < -0.4 is 5.32 Å². The fourth-order valence-corrected chi connectivity index (χ4v) is 2.77. The fraction of sp³-hybridized carbons (Fsp3) is 0.429. The van der Waals surface area contributed by atoms with Crippen LogP contribution in [0.3, 0.4) is 0 Å². The number of ether oxygens (including phenoxy) is 1. The predicted octanol–water partition coefficient (Wildman–Crippen LogP) is 3.38. The molecule has 108 valence electrons. The molecule has 1 aromatic carbocycles. The van der Waals surface area contributed by atoms with Gasteiger partial charge in [0.2, 0.25) is 5.13 Å². The maximum atomic E-state index is 5.02. The van der Waals surface area contributed by atoms with Crippen LogP contribution in [-0.4, -0.2) is 35.1 Å². The number of methoxy groups -OCH3 is 1. The Hall–Kier alpha value is -1.11. The molecular formula is C14H19N3OS2. The number of hydrogen-bond donors (Lipinski definition) is 1. The van der Waals surface area contributed by atoms with Gasteiger partial charge < -0.3 is 10.1 Å². The normalized spacial score (nSPS) is 10.7. The zero-order valence-corrected chi connectivity index (χ0v) is 13.4. The van der Waals surface area contributed by atoms with Crippen LogP contribution in [0.2, 0.25) is 0 Å². The van der Waals surface area contributed by atoms with Crippen LogP contribution in [0.25, 0.3) is 0 Å². The summed E-state index contributed by atoms with van der Waals surface area (Å²) < 4.78 is 9.31. The maximum Gasteiger partial charge on any atom is 0.207 e. The number of aromatic nitrogens is 2.